The third kappa shape index (κ3) is 3.71. The second-order valence-corrected chi connectivity index (χ2v) is 5.47. The number of rotatable bonds is 9. The number of aliphatic carboxylic acids is 1. The Morgan fingerprint density at radius 3 is 2.70 bits per heavy atom. The molecular formula is C17H21NO5. The number of nitrogens with one attached hydrogen (secondary N) is 1. The minimum absolute atomic E-state index is 0.102. The van der Waals surface area contributed by atoms with Crippen LogP contribution < -0.4 is 10.1 Å². The van der Waals surface area contributed by atoms with Crippen LogP contribution in [-0.4, -0.2) is 43.3 Å². The highest BCUT2D eigenvalue weighted by molar-refractivity contribution is 5.94. The topological polar surface area (TPSA) is 84.9 Å². The second-order valence-electron chi connectivity index (χ2n) is 5.47. The van der Waals surface area contributed by atoms with Gasteiger partial charge >= 0.3 is 5.97 Å². The van der Waals surface area contributed by atoms with Gasteiger partial charge < -0.3 is 19.9 Å². The zero-order chi connectivity index (χ0) is 16.9. The Balaban J connectivity index is 2.12. The summed E-state index contributed by atoms with van der Waals surface area (Å²) < 4.78 is 10.5. The molecule has 0 saturated heterocycles. The van der Waals surface area contributed by atoms with Gasteiger partial charge in [-0.1, -0.05) is 24.3 Å². The van der Waals surface area contributed by atoms with Gasteiger partial charge in [0.25, 0.3) is 0 Å². The van der Waals surface area contributed by atoms with E-state index in [1.807, 2.05) is 18.2 Å². The maximum atomic E-state index is 12.6. The minimum Gasteiger partial charge on any atom is -0.496 e. The molecule has 1 aromatic carbocycles. The highest BCUT2D eigenvalue weighted by Crippen LogP contribution is 2.51. The maximum absolute atomic E-state index is 12.6. The summed E-state index contributed by atoms with van der Waals surface area (Å²) in [5, 5.41) is 11.8. The van der Waals surface area contributed by atoms with E-state index in [-0.39, 0.29) is 19.1 Å². The van der Waals surface area contributed by atoms with Crippen LogP contribution in [0, 0.1) is 0 Å². The molecule has 1 fully saturated rings. The highest BCUT2D eigenvalue weighted by atomic mass is 16.5. The summed E-state index contributed by atoms with van der Waals surface area (Å²) in [4.78, 5) is 23.9. The Bertz CT molecular complexity index is 594. The lowest BCUT2D eigenvalue weighted by Gasteiger charge is -2.21. The molecule has 0 spiro atoms. The van der Waals surface area contributed by atoms with Crippen molar-refractivity contribution in [1.29, 1.82) is 0 Å². The number of para-hydroxylation sites is 1. The number of amides is 1. The molecule has 1 aliphatic rings. The van der Waals surface area contributed by atoms with Crippen molar-refractivity contribution in [2.24, 2.45) is 0 Å². The Morgan fingerprint density at radius 2 is 2.13 bits per heavy atom. The first-order valence-corrected chi connectivity index (χ1v) is 7.41. The van der Waals surface area contributed by atoms with Gasteiger partial charge in [-0.25, -0.2) is 4.79 Å². The van der Waals surface area contributed by atoms with Crippen molar-refractivity contribution >= 4 is 11.9 Å². The van der Waals surface area contributed by atoms with E-state index in [2.05, 4.69) is 11.9 Å². The van der Waals surface area contributed by atoms with Crippen LogP contribution in [0.2, 0.25) is 0 Å². The molecule has 2 rings (SSSR count). The van der Waals surface area contributed by atoms with Gasteiger partial charge in [-0.05, 0) is 18.9 Å². The zero-order valence-corrected chi connectivity index (χ0v) is 13.1. The van der Waals surface area contributed by atoms with E-state index in [0.717, 1.165) is 5.56 Å². The molecule has 1 aromatic rings. The molecule has 0 bridgehead atoms. The van der Waals surface area contributed by atoms with Gasteiger partial charge in [0, 0.05) is 5.56 Å². The average molecular weight is 319 g/mol. The second kappa shape index (κ2) is 7.28. The van der Waals surface area contributed by atoms with Crippen molar-refractivity contribution in [1.82, 2.24) is 5.32 Å². The van der Waals surface area contributed by atoms with E-state index >= 15 is 0 Å². The number of carbonyl (C=O) groups is 2. The molecule has 1 saturated carbocycles. The predicted molar refractivity (Wildman–Crippen MR) is 84.5 cm³/mol. The van der Waals surface area contributed by atoms with Crippen molar-refractivity contribution in [3.63, 3.8) is 0 Å². The molecule has 23 heavy (non-hydrogen) atoms. The van der Waals surface area contributed by atoms with Crippen molar-refractivity contribution < 1.29 is 24.2 Å². The summed E-state index contributed by atoms with van der Waals surface area (Å²) in [6.45, 7) is 3.63. The molecule has 124 valence electrons. The predicted octanol–water partition coefficient (Wildman–Crippen LogP) is 1.50. The van der Waals surface area contributed by atoms with E-state index in [1.165, 1.54) is 6.08 Å². The Kier molecular flexibility index (Phi) is 5.39. The van der Waals surface area contributed by atoms with Gasteiger partial charge in [0.2, 0.25) is 5.91 Å². The van der Waals surface area contributed by atoms with Crippen LogP contribution in [-0.2, 0) is 19.7 Å². The monoisotopic (exact) mass is 319 g/mol. The average Bonchev–Trinajstić information content (AvgIpc) is 3.35. The zero-order valence-electron chi connectivity index (χ0n) is 13.1. The molecule has 6 nitrogen and oxygen atoms in total. The summed E-state index contributed by atoms with van der Waals surface area (Å²) in [7, 11) is 1.55. The fourth-order valence-corrected chi connectivity index (χ4v) is 2.52. The van der Waals surface area contributed by atoms with Crippen molar-refractivity contribution in [3.05, 3.63) is 42.5 Å². The summed E-state index contributed by atoms with van der Waals surface area (Å²) >= 11 is 0. The normalized spacial score (nSPS) is 16.2. The molecule has 1 amide bonds. The molecule has 6 heteroatoms. The summed E-state index contributed by atoms with van der Waals surface area (Å²) in [5.41, 5.74) is 0.0785. The number of carboxylic acids is 1. The molecule has 0 radical (unpaired) electrons. The number of methoxy groups -OCH3 is 1. The first kappa shape index (κ1) is 17.0. The number of benzene rings is 1. The minimum atomic E-state index is -1.13. The molecule has 1 unspecified atom stereocenters. The largest absolute Gasteiger partial charge is 0.496 e. The SMILES string of the molecule is C=CCOCC(NC(=O)C1(c2ccccc2OC)CC1)C(=O)O. The smallest absolute Gasteiger partial charge is 0.328 e. The van der Waals surface area contributed by atoms with E-state index in [9.17, 15) is 14.7 Å². The van der Waals surface area contributed by atoms with Crippen LogP contribution in [0.4, 0.5) is 0 Å². The summed E-state index contributed by atoms with van der Waals surface area (Å²) in [6, 6.07) is 6.22. The van der Waals surface area contributed by atoms with Crippen LogP contribution in [0.5, 0.6) is 5.75 Å². The van der Waals surface area contributed by atoms with Crippen LogP contribution in [0.3, 0.4) is 0 Å². The molecule has 1 aliphatic carbocycles. The lowest BCUT2D eigenvalue weighted by atomic mass is 9.93. The number of ether oxygens (including phenoxy) is 2. The summed E-state index contributed by atoms with van der Waals surface area (Å²) in [5.74, 6) is -0.801. The molecule has 0 heterocycles. The van der Waals surface area contributed by atoms with Gasteiger partial charge in [-0.3, -0.25) is 4.79 Å². The molecule has 0 aliphatic heterocycles. The van der Waals surface area contributed by atoms with Crippen LogP contribution in [0.15, 0.2) is 36.9 Å². The Hall–Kier alpha value is -2.34. The lowest BCUT2D eigenvalue weighted by Crippen LogP contribution is -2.48. The fourth-order valence-electron chi connectivity index (χ4n) is 2.52. The van der Waals surface area contributed by atoms with Crippen molar-refractivity contribution in [2.45, 2.75) is 24.3 Å². The van der Waals surface area contributed by atoms with Gasteiger partial charge in [0.05, 0.1) is 25.7 Å². The standard InChI is InChI=1S/C17H21NO5/c1-3-10-23-11-13(15(19)20)18-16(21)17(8-9-17)12-6-4-5-7-14(12)22-2/h3-7,13H,1,8-11H2,2H3,(H,18,21)(H,19,20). The number of hydrogen-bond donors (Lipinski definition) is 2. The van der Waals surface area contributed by atoms with E-state index in [1.54, 1.807) is 13.2 Å². The lowest BCUT2D eigenvalue weighted by molar-refractivity contribution is -0.143. The summed E-state index contributed by atoms with van der Waals surface area (Å²) in [6.07, 6.45) is 2.86. The third-order valence-electron chi connectivity index (χ3n) is 3.93. The fraction of sp³-hybridized carbons (Fsp3) is 0.412. The first-order chi connectivity index (χ1) is 11.0. The van der Waals surface area contributed by atoms with Gasteiger partial charge in [0.15, 0.2) is 6.04 Å². The number of hydrogen-bond acceptors (Lipinski definition) is 4. The van der Waals surface area contributed by atoms with E-state index in [4.69, 9.17) is 9.47 Å². The first-order valence-electron chi connectivity index (χ1n) is 7.41. The van der Waals surface area contributed by atoms with Crippen molar-refractivity contribution in [3.8, 4) is 5.75 Å². The Labute approximate surface area is 135 Å². The van der Waals surface area contributed by atoms with Gasteiger partial charge in [0.1, 0.15) is 5.75 Å². The van der Waals surface area contributed by atoms with Crippen LogP contribution in [0.1, 0.15) is 18.4 Å². The van der Waals surface area contributed by atoms with Gasteiger partial charge in [-0.15, -0.1) is 6.58 Å². The van der Waals surface area contributed by atoms with Crippen molar-refractivity contribution in [2.75, 3.05) is 20.3 Å². The maximum Gasteiger partial charge on any atom is 0.328 e. The molecule has 0 aromatic heterocycles. The molecular weight excluding hydrogens is 298 g/mol. The highest BCUT2D eigenvalue weighted by Gasteiger charge is 2.53. The molecule has 2 N–H and O–H groups in total. The van der Waals surface area contributed by atoms with Crippen LogP contribution >= 0.6 is 0 Å². The molecule has 1 atom stereocenters. The Morgan fingerprint density at radius 1 is 1.43 bits per heavy atom. The third-order valence-corrected chi connectivity index (χ3v) is 3.93. The van der Waals surface area contributed by atoms with Gasteiger partial charge in [-0.2, -0.15) is 0 Å². The van der Waals surface area contributed by atoms with E-state index < -0.39 is 17.4 Å². The number of carboxylic acid groups (broad SMARTS) is 1. The number of carbonyl (C=O) groups excluding carboxylic acids is 1. The quantitative estimate of drug-likeness (QED) is 0.532. The van der Waals surface area contributed by atoms with E-state index in [0.29, 0.717) is 18.6 Å². The van der Waals surface area contributed by atoms with Crippen LogP contribution in [0.25, 0.3) is 0 Å².